The molecule has 0 saturated carbocycles. The normalized spacial score (nSPS) is 26.9. The van der Waals surface area contributed by atoms with Crippen LogP contribution in [0.4, 0.5) is 13.2 Å². The van der Waals surface area contributed by atoms with E-state index in [0.717, 1.165) is 6.20 Å². The Morgan fingerprint density at radius 1 is 1.36 bits per heavy atom. The number of nitrogens with zero attached hydrogens (tertiary/aromatic N) is 2. The van der Waals surface area contributed by atoms with E-state index in [9.17, 15) is 18.0 Å². The van der Waals surface area contributed by atoms with E-state index < -0.39 is 23.8 Å². The number of aliphatic carboxylic acids is 1. The molecule has 1 fully saturated rings. The Morgan fingerprint density at radius 3 is 2.45 bits per heavy atom. The van der Waals surface area contributed by atoms with E-state index in [1.165, 1.54) is 12.1 Å². The van der Waals surface area contributed by atoms with Crippen molar-refractivity contribution in [3.8, 4) is 0 Å². The molecule has 0 amide bonds. The van der Waals surface area contributed by atoms with Crippen LogP contribution in [0.5, 0.6) is 0 Å². The zero-order chi connectivity index (χ0) is 16.5. The molecule has 1 N–H and O–H groups in total. The molecule has 0 spiro atoms. The van der Waals surface area contributed by atoms with Gasteiger partial charge < -0.3 is 5.11 Å². The maximum atomic E-state index is 13.0. The fraction of sp³-hybridized carbons (Fsp3) is 0.600. The Morgan fingerprint density at radius 2 is 1.95 bits per heavy atom. The van der Waals surface area contributed by atoms with E-state index in [1.54, 1.807) is 0 Å². The third-order valence-corrected chi connectivity index (χ3v) is 4.25. The van der Waals surface area contributed by atoms with Gasteiger partial charge >= 0.3 is 12.1 Å². The van der Waals surface area contributed by atoms with E-state index in [4.69, 9.17) is 5.11 Å². The molecule has 2 heterocycles. The number of carbonyl (C=O) groups is 1. The van der Waals surface area contributed by atoms with Crippen molar-refractivity contribution in [2.24, 2.45) is 5.92 Å². The highest BCUT2D eigenvalue weighted by Gasteiger charge is 2.38. The second kappa shape index (κ2) is 6.24. The van der Waals surface area contributed by atoms with E-state index in [1.807, 2.05) is 18.7 Å². The summed E-state index contributed by atoms with van der Waals surface area (Å²) in [6, 6.07) is 2.74. The fourth-order valence-electron chi connectivity index (χ4n) is 3.16. The molecule has 1 aliphatic heterocycles. The van der Waals surface area contributed by atoms with Crippen molar-refractivity contribution < 1.29 is 23.1 Å². The molecule has 0 aliphatic carbocycles. The summed E-state index contributed by atoms with van der Waals surface area (Å²) < 4.78 is 39.0. The number of rotatable bonds is 3. The van der Waals surface area contributed by atoms with Crippen LogP contribution in [0.1, 0.15) is 37.9 Å². The van der Waals surface area contributed by atoms with Crippen LogP contribution in [-0.2, 0) is 17.5 Å². The van der Waals surface area contributed by atoms with Crippen molar-refractivity contribution in [2.75, 3.05) is 0 Å². The number of hydrogen-bond acceptors (Lipinski definition) is 3. The number of carboxylic acids is 1. The van der Waals surface area contributed by atoms with Crippen LogP contribution < -0.4 is 0 Å². The van der Waals surface area contributed by atoms with Gasteiger partial charge in [-0.3, -0.25) is 14.7 Å². The number of hydrogen-bond donors (Lipinski definition) is 1. The first-order valence-corrected chi connectivity index (χ1v) is 7.19. The Bertz CT molecular complexity index is 536. The van der Waals surface area contributed by atoms with Gasteiger partial charge in [0.15, 0.2) is 0 Å². The number of halogens is 3. The highest BCUT2D eigenvalue weighted by Crippen LogP contribution is 2.33. The summed E-state index contributed by atoms with van der Waals surface area (Å²) in [4.78, 5) is 16.5. The lowest BCUT2D eigenvalue weighted by Gasteiger charge is -2.41. The van der Waals surface area contributed by atoms with Crippen LogP contribution in [0, 0.1) is 5.92 Å². The van der Waals surface area contributed by atoms with Crippen molar-refractivity contribution in [3.05, 3.63) is 29.6 Å². The minimum atomic E-state index is -4.48. The number of pyridine rings is 1. The Kier molecular flexibility index (Phi) is 4.75. The second-order valence-corrected chi connectivity index (χ2v) is 5.89. The van der Waals surface area contributed by atoms with Crippen molar-refractivity contribution in [1.29, 1.82) is 0 Å². The molecule has 0 bridgehead atoms. The lowest BCUT2D eigenvalue weighted by atomic mass is 9.87. The van der Waals surface area contributed by atoms with Crippen LogP contribution in [0.15, 0.2) is 18.3 Å². The largest absolute Gasteiger partial charge is 0.481 e. The summed E-state index contributed by atoms with van der Waals surface area (Å²) in [5.41, 5.74) is -0.739. The molecule has 4 nitrogen and oxygen atoms in total. The number of aromatic nitrogens is 1. The van der Waals surface area contributed by atoms with Crippen molar-refractivity contribution in [2.45, 2.75) is 51.5 Å². The van der Waals surface area contributed by atoms with Crippen LogP contribution in [0.2, 0.25) is 0 Å². The third-order valence-electron chi connectivity index (χ3n) is 4.25. The smallest absolute Gasteiger partial charge is 0.433 e. The lowest BCUT2D eigenvalue weighted by Crippen LogP contribution is -2.47. The molecule has 0 aromatic carbocycles. The number of alkyl halides is 3. The Labute approximate surface area is 127 Å². The van der Waals surface area contributed by atoms with E-state index >= 15 is 0 Å². The van der Waals surface area contributed by atoms with E-state index in [0.29, 0.717) is 12.8 Å². The van der Waals surface area contributed by atoms with Crippen molar-refractivity contribution >= 4 is 5.97 Å². The molecule has 2 unspecified atom stereocenters. The minimum absolute atomic E-state index is 0.0915. The minimum Gasteiger partial charge on any atom is -0.481 e. The van der Waals surface area contributed by atoms with E-state index in [2.05, 4.69) is 4.98 Å². The maximum absolute atomic E-state index is 13.0. The summed E-state index contributed by atoms with van der Waals surface area (Å²) in [5.74, 6) is -1.27. The molecule has 1 aromatic rings. The first kappa shape index (κ1) is 16.7. The summed E-state index contributed by atoms with van der Waals surface area (Å²) in [7, 11) is 0. The van der Waals surface area contributed by atoms with Gasteiger partial charge in [-0.15, -0.1) is 0 Å². The van der Waals surface area contributed by atoms with Gasteiger partial charge in [0, 0.05) is 24.8 Å². The van der Waals surface area contributed by atoms with Gasteiger partial charge in [0.2, 0.25) is 0 Å². The molecule has 122 valence electrons. The molecular weight excluding hydrogens is 297 g/mol. The maximum Gasteiger partial charge on any atom is 0.433 e. The Hall–Kier alpha value is -1.63. The zero-order valence-corrected chi connectivity index (χ0v) is 12.5. The number of carboxylic acid groups (broad SMARTS) is 1. The SMILES string of the molecule is CC1CC(C(=O)O)CC(C)N1Cc1cccnc1C(F)(F)F. The lowest BCUT2D eigenvalue weighted by molar-refractivity contribution is -0.145. The first-order valence-electron chi connectivity index (χ1n) is 7.19. The molecular formula is C15H19F3N2O2. The standard InChI is InChI=1S/C15H19F3N2O2/c1-9-6-12(14(21)22)7-10(2)20(9)8-11-4-3-5-19-13(11)15(16,17)18/h3-5,9-10,12H,6-8H2,1-2H3,(H,21,22). The first-order chi connectivity index (χ1) is 10.2. The van der Waals surface area contributed by atoms with Crippen LogP contribution in [0.25, 0.3) is 0 Å². The summed E-state index contributed by atoms with van der Waals surface area (Å²) in [5, 5.41) is 9.12. The van der Waals surface area contributed by atoms with Gasteiger partial charge in [0.05, 0.1) is 5.92 Å². The predicted molar refractivity (Wildman–Crippen MR) is 74.1 cm³/mol. The van der Waals surface area contributed by atoms with Crippen molar-refractivity contribution in [1.82, 2.24) is 9.88 Å². The molecule has 2 rings (SSSR count). The predicted octanol–water partition coefficient (Wildman–Crippen LogP) is 3.17. The highest BCUT2D eigenvalue weighted by molar-refractivity contribution is 5.70. The van der Waals surface area contributed by atoms with Gasteiger partial charge in [-0.05, 0) is 38.3 Å². The van der Waals surface area contributed by atoms with Crippen molar-refractivity contribution in [3.63, 3.8) is 0 Å². The van der Waals surface area contributed by atoms with Gasteiger partial charge in [0.25, 0.3) is 0 Å². The second-order valence-electron chi connectivity index (χ2n) is 5.89. The van der Waals surface area contributed by atoms with E-state index in [-0.39, 0.29) is 24.2 Å². The molecule has 1 aromatic heterocycles. The topological polar surface area (TPSA) is 53.4 Å². The summed E-state index contributed by atoms with van der Waals surface area (Å²) >= 11 is 0. The van der Waals surface area contributed by atoms with Gasteiger partial charge in [-0.25, -0.2) is 0 Å². The summed E-state index contributed by atoms with van der Waals surface area (Å²) in [6.07, 6.45) is -2.46. The van der Waals surface area contributed by atoms with Crippen LogP contribution in [-0.4, -0.2) is 33.0 Å². The Balaban J connectivity index is 2.19. The molecule has 1 aliphatic rings. The van der Waals surface area contributed by atoms with Crippen LogP contribution >= 0.6 is 0 Å². The van der Waals surface area contributed by atoms with Gasteiger partial charge in [0.1, 0.15) is 5.69 Å². The number of piperidine rings is 1. The quantitative estimate of drug-likeness (QED) is 0.930. The zero-order valence-electron chi connectivity index (χ0n) is 12.5. The average Bonchev–Trinajstić information content (AvgIpc) is 2.41. The summed E-state index contributed by atoms with van der Waals surface area (Å²) in [6.45, 7) is 3.84. The molecule has 2 atom stereocenters. The third kappa shape index (κ3) is 3.58. The molecule has 22 heavy (non-hydrogen) atoms. The highest BCUT2D eigenvalue weighted by atomic mass is 19.4. The monoisotopic (exact) mass is 316 g/mol. The molecule has 0 radical (unpaired) electrons. The fourth-order valence-corrected chi connectivity index (χ4v) is 3.16. The number of likely N-dealkylation sites (tertiary alicyclic amines) is 1. The molecule has 1 saturated heterocycles. The average molecular weight is 316 g/mol. The molecule has 7 heteroatoms. The van der Waals surface area contributed by atoms with Gasteiger partial charge in [-0.2, -0.15) is 13.2 Å². The van der Waals surface area contributed by atoms with Gasteiger partial charge in [-0.1, -0.05) is 6.07 Å². The van der Waals surface area contributed by atoms with Crippen LogP contribution in [0.3, 0.4) is 0 Å².